The van der Waals surface area contributed by atoms with E-state index in [2.05, 4.69) is 15.5 Å². The zero-order valence-corrected chi connectivity index (χ0v) is 16.2. The molecule has 1 N–H and O–H groups in total. The number of amides is 1. The zero-order chi connectivity index (χ0) is 19.2. The van der Waals surface area contributed by atoms with Gasteiger partial charge in [-0.1, -0.05) is 41.1 Å². The summed E-state index contributed by atoms with van der Waals surface area (Å²) in [5.41, 5.74) is 1.50. The van der Waals surface area contributed by atoms with Gasteiger partial charge in [-0.05, 0) is 30.3 Å². The molecule has 0 radical (unpaired) electrons. The van der Waals surface area contributed by atoms with Crippen LogP contribution in [0.1, 0.15) is 5.56 Å². The SMILES string of the molecule is COc1ccc(OC)c(/C=C/C(=O)Nc2nnc(-c3ccccc3Cl)s2)c1. The van der Waals surface area contributed by atoms with Crippen molar-refractivity contribution in [2.75, 3.05) is 19.5 Å². The number of carbonyl (C=O) groups is 1. The highest BCUT2D eigenvalue weighted by Gasteiger charge is 2.11. The molecule has 0 aliphatic heterocycles. The molecule has 1 aromatic heterocycles. The minimum absolute atomic E-state index is 0.332. The van der Waals surface area contributed by atoms with Crippen LogP contribution in [-0.4, -0.2) is 30.3 Å². The Labute approximate surface area is 165 Å². The van der Waals surface area contributed by atoms with Gasteiger partial charge in [-0.3, -0.25) is 10.1 Å². The fraction of sp³-hybridized carbons (Fsp3) is 0.105. The van der Waals surface area contributed by atoms with Gasteiger partial charge in [0, 0.05) is 17.2 Å². The lowest BCUT2D eigenvalue weighted by Gasteiger charge is -2.07. The number of carbonyl (C=O) groups excluding carboxylic acids is 1. The third-order valence-corrected chi connectivity index (χ3v) is 4.81. The van der Waals surface area contributed by atoms with Crippen LogP contribution in [0.5, 0.6) is 11.5 Å². The molecule has 2 aromatic carbocycles. The quantitative estimate of drug-likeness (QED) is 0.614. The molecule has 0 unspecified atom stereocenters. The van der Waals surface area contributed by atoms with E-state index in [1.54, 1.807) is 44.6 Å². The third kappa shape index (κ3) is 4.64. The maximum atomic E-state index is 12.2. The summed E-state index contributed by atoms with van der Waals surface area (Å²) in [7, 11) is 3.14. The highest BCUT2D eigenvalue weighted by Crippen LogP contribution is 2.31. The van der Waals surface area contributed by atoms with Gasteiger partial charge in [0.25, 0.3) is 0 Å². The first kappa shape index (κ1) is 18.9. The summed E-state index contributed by atoms with van der Waals surface area (Å²) in [6.45, 7) is 0. The van der Waals surface area contributed by atoms with Crippen LogP contribution in [-0.2, 0) is 4.79 Å². The van der Waals surface area contributed by atoms with Crippen molar-refractivity contribution in [1.29, 1.82) is 0 Å². The predicted molar refractivity (Wildman–Crippen MR) is 108 cm³/mol. The maximum Gasteiger partial charge on any atom is 0.250 e. The van der Waals surface area contributed by atoms with Gasteiger partial charge in [0.05, 0.1) is 19.2 Å². The summed E-state index contributed by atoms with van der Waals surface area (Å²) in [5, 5.41) is 12.4. The van der Waals surface area contributed by atoms with Crippen LogP contribution in [0.4, 0.5) is 5.13 Å². The van der Waals surface area contributed by atoms with E-state index in [0.717, 1.165) is 11.1 Å². The highest BCUT2D eigenvalue weighted by molar-refractivity contribution is 7.18. The zero-order valence-electron chi connectivity index (χ0n) is 14.6. The third-order valence-electron chi connectivity index (χ3n) is 3.61. The molecular weight excluding hydrogens is 386 g/mol. The van der Waals surface area contributed by atoms with E-state index in [1.807, 2.05) is 18.2 Å². The minimum Gasteiger partial charge on any atom is -0.497 e. The van der Waals surface area contributed by atoms with E-state index < -0.39 is 0 Å². The van der Waals surface area contributed by atoms with Gasteiger partial charge in [-0.15, -0.1) is 10.2 Å². The number of anilines is 1. The van der Waals surface area contributed by atoms with Crippen molar-refractivity contribution in [2.24, 2.45) is 0 Å². The molecule has 0 saturated heterocycles. The van der Waals surface area contributed by atoms with Gasteiger partial charge in [0.1, 0.15) is 11.5 Å². The fourth-order valence-electron chi connectivity index (χ4n) is 2.30. The molecule has 3 rings (SSSR count). The van der Waals surface area contributed by atoms with E-state index >= 15 is 0 Å². The number of hydrogen-bond donors (Lipinski definition) is 1. The molecule has 0 bridgehead atoms. The molecule has 6 nitrogen and oxygen atoms in total. The van der Waals surface area contributed by atoms with Crippen molar-refractivity contribution in [3.05, 3.63) is 59.1 Å². The molecule has 0 fully saturated rings. The molecule has 0 atom stereocenters. The number of methoxy groups -OCH3 is 2. The van der Waals surface area contributed by atoms with Crippen LogP contribution in [0.2, 0.25) is 5.02 Å². The minimum atomic E-state index is -0.332. The van der Waals surface area contributed by atoms with Crippen LogP contribution < -0.4 is 14.8 Å². The Kier molecular flexibility index (Phi) is 6.05. The number of ether oxygens (including phenoxy) is 2. The van der Waals surface area contributed by atoms with Crippen molar-refractivity contribution in [2.45, 2.75) is 0 Å². The van der Waals surface area contributed by atoms with Crippen molar-refractivity contribution in [3.8, 4) is 22.1 Å². The lowest BCUT2D eigenvalue weighted by molar-refractivity contribution is -0.111. The normalized spacial score (nSPS) is 10.8. The van der Waals surface area contributed by atoms with Crippen molar-refractivity contribution in [1.82, 2.24) is 10.2 Å². The molecule has 138 valence electrons. The molecule has 0 saturated carbocycles. The number of halogens is 1. The second-order valence-electron chi connectivity index (χ2n) is 5.32. The Bertz CT molecular complexity index is 988. The van der Waals surface area contributed by atoms with Gasteiger partial charge < -0.3 is 9.47 Å². The van der Waals surface area contributed by atoms with Crippen LogP contribution in [0.3, 0.4) is 0 Å². The first-order valence-corrected chi connectivity index (χ1v) is 9.09. The number of benzene rings is 2. The second kappa shape index (κ2) is 8.66. The van der Waals surface area contributed by atoms with Crippen LogP contribution in [0, 0.1) is 0 Å². The molecule has 8 heteroatoms. The molecule has 0 aliphatic carbocycles. The molecule has 0 spiro atoms. The van der Waals surface area contributed by atoms with Gasteiger partial charge in [-0.2, -0.15) is 0 Å². The first-order valence-electron chi connectivity index (χ1n) is 7.90. The van der Waals surface area contributed by atoms with Crippen LogP contribution in [0.15, 0.2) is 48.5 Å². The van der Waals surface area contributed by atoms with E-state index in [4.69, 9.17) is 21.1 Å². The standard InChI is InChI=1S/C19H16ClN3O3S/c1-25-13-8-9-16(26-2)12(11-13)7-10-17(24)21-19-23-22-18(27-19)14-5-3-4-6-15(14)20/h3-11H,1-2H3,(H,21,23,24)/b10-7+. The second-order valence-corrected chi connectivity index (χ2v) is 6.71. The van der Waals surface area contributed by atoms with E-state index in [0.29, 0.717) is 26.7 Å². The number of nitrogens with zero attached hydrogens (tertiary/aromatic N) is 2. The van der Waals surface area contributed by atoms with Gasteiger partial charge in [0.15, 0.2) is 5.01 Å². The molecule has 3 aromatic rings. The molecule has 1 heterocycles. The van der Waals surface area contributed by atoms with E-state index in [9.17, 15) is 4.79 Å². The number of aromatic nitrogens is 2. The summed E-state index contributed by atoms with van der Waals surface area (Å²) in [5.74, 6) is 0.975. The number of hydrogen-bond acceptors (Lipinski definition) is 6. The summed E-state index contributed by atoms with van der Waals surface area (Å²) in [6.07, 6.45) is 3.04. The lowest BCUT2D eigenvalue weighted by atomic mass is 10.1. The maximum absolute atomic E-state index is 12.2. The van der Waals surface area contributed by atoms with Gasteiger partial charge in [-0.25, -0.2) is 0 Å². The molecule has 1 amide bonds. The Hall–Kier alpha value is -2.90. The molecule has 0 aliphatic rings. The van der Waals surface area contributed by atoms with Crippen molar-refractivity contribution < 1.29 is 14.3 Å². The Balaban J connectivity index is 1.72. The van der Waals surface area contributed by atoms with Gasteiger partial charge in [0.2, 0.25) is 11.0 Å². The Morgan fingerprint density at radius 2 is 1.96 bits per heavy atom. The summed E-state index contributed by atoms with van der Waals surface area (Å²) < 4.78 is 10.5. The highest BCUT2D eigenvalue weighted by atomic mass is 35.5. The summed E-state index contributed by atoms with van der Waals surface area (Å²) in [4.78, 5) is 12.2. The van der Waals surface area contributed by atoms with Gasteiger partial charge >= 0.3 is 0 Å². The first-order chi connectivity index (χ1) is 13.1. The smallest absolute Gasteiger partial charge is 0.250 e. The number of rotatable bonds is 6. The monoisotopic (exact) mass is 401 g/mol. The van der Waals surface area contributed by atoms with Crippen LogP contribution in [0.25, 0.3) is 16.6 Å². The molecular formula is C19H16ClN3O3S. The van der Waals surface area contributed by atoms with E-state index in [1.165, 1.54) is 17.4 Å². The lowest BCUT2D eigenvalue weighted by Crippen LogP contribution is -2.07. The average Bonchev–Trinajstić information content (AvgIpc) is 3.14. The van der Waals surface area contributed by atoms with Crippen molar-refractivity contribution >= 4 is 40.1 Å². The Morgan fingerprint density at radius 1 is 1.15 bits per heavy atom. The Morgan fingerprint density at radius 3 is 2.70 bits per heavy atom. The molecule has 27 heavy (non-hydrogen) atoms. The fourth-order valence-corrected chi connectivity index (χ4v) is 3.37. The van der Waals surface area contributed by atoms with Crippen molar-refractivity contribution in [3.63, 3.8) is 0 Å². The predicted octanol–water partition coefficient (Wildman–Crippen LogP) is 4.53. The van der Waals surface area contributed by atoms with Crippen LogP contribution >= 0.6 is 22.9 Å². The number of nitrogens with one attached hydrogen (secondary N) is 1. The topological polar surface area (TPSA) is 73.3 Å². The summed E-state index contributed by atoms with van der Waals surface area (Å²) >= 11 is 7.41. The largest absolute Gasteiger partial charge is 0.497 e. The van der Waals surface area contributed by atoms with E-state index in [-0.39, 0.29) is 5.91 Å². The average molecular weight is 402 g/mol. The summed E-state index contributed by atoms with van der Waals surface area (Å²) in [6, 6.07) is 12.7.